The van der Waals surface area contributed by atoms with Gasteiger partial charge >= 0.3 is 0 Å². The molecule has 0 aromatic rings. The van der Waals surface area contributed by atoms with Gasteiger partial charge in [0.1, 0.15) is 0 Å². The molecule has 1 unspecified atom stereocenters. The van der Waals surface area contributed by atoms with Crippen LogP contribution in [-0.2, 0) is 14.4 Å². The van der Waals surface area contributed by atoms with E-state index in [9.17, 15) is 14.4 Å². The van der Waals surface area contributed by atoms with Crippen LogP contribution in [0.3, 0.4) is 0 Å². The summed E-state index contributed by atoms with van der Waals surface area (Å²) in [7, 11) is 1.77. The second kappa shape index (κ2) is 7.76. The Balaban J connectivity index is 2.51. The maximum atomic E-state index is 12.0. The molecule has 5 nitrogen and oxygen atoms in total. The first-order valence-corrected chi connectivity index (χ1v) is 8.12. The van der Waals surface area contributed by atoms with Crippen molar-refractivity contribution in [2.45, 2.75) is 39.2 Å². The highest BCUT2D eigenvalue weighted by Gasteiger charge is 2.35. The molecule has 1 heterocycles. The molecular weight excluding hydrogens is 324 g/mol. The van der Waals surface area contributed by atoms with E-state index in [1.165, 1.54) is 6.92 Å². The summed E-state index contributed by atoms with van der Waals surface area (Å²) in [5.41, 5.74) is 0. The Morgan fingerprint density at radius 1 is 1.50 bits per heavy atom. The molecule has 0 spiro atoms. The number of alkyl halides is 1. The van der Waals surface area contributed by atoms with E-state index >= 15 is 0 Å². The van der Waals surface area contributed by atoms with Crippen LogP contribution in [0, 0.1) is 5.92 Å². The molecule has 1 rings (SSSR count). The Labute approximate surface area is 128 Å². The predicted molar refractivity (Wildman–Crippen MR) is 80.6 cm³/mol. The molecule has 1 aliphatic rings. The molecule has 0 bridgehead atoms. The molecule has 0 aromatic carbocycles. The number of hydrogen-bond donors (Lipinski definition) is 0. The van der Waals surface area contributed by atoms with Crippen molar-refractivity contribution in [2.24, 2.45) is 5.92 Å². The summed E-state index contributed by atoms with van der Waals surface area (Å²) in [5, 5.41) is 0.321. The van der Waals surface area contributed by atoms with E-state index in [1.54, 1.807) is 16.8 Å². The van der Waals surface area contributed by atoms with Crippen LogP contribution < -0.4 is 0 Å². The smallest absolute Gasteiger partial charge is 0.232 e. The van der Waals surface area contributed by atoms with Crippen LogP contribution in [0.4, 0.5) is 0 Å². The van der Waals surface area contributed by atoms with E-state index in [0.717, 1.165) is 6.42 Å². The highest BCUT2D eigenvalue weighted by Crippen LogP contribution is 2.24. The molecule has 0 aliphatic carbocycles. The molecule has 0 radical (unpaired) electrons. The summed E-state index contributed by atoms with van der Waals surface area (Å²) in [6.07, 6.45) is 1.95. The van der Waals surface area contributed by atoms with Gasteiger partial charge in [0.2, 0.25) is 11.8 Å². The van der Waals surface area contributed by atoms with Crippen molar-refractivity contribution in [3.8, 4) is 0 Å². The molecule has 0 saturated carbocycles. The maximum absolute atomic E-state index is 12.0. The van der Waals surface area contributed by atoms with E-state index in [-0.39, 0.29) is 29.6 Å². The Morgan fingerprint density at radius 3 is 2.65 bits per heavy atom. The van der Waals surface area contributed by atoms with E-state index < -0.39 is 0 Å². The van der Waals surface area contributed by atoms with E-state index in [4.69, 9.17) is 0 Å². The molecular formula is C14H23BrN2O3. The second-order valence-corrected chi connectivity index (χ2v) is 5.95. The lowest BCUT2D eigenvalue weighted by Crippen LogP contribution is -2.40. The predicted octanol–water partition coefficient (Wildman–Crippen LogP) is 1.45. The molecule has 1 fully saturated rings. The minimum Gasteiger partial charge on any atom is -0.345 e. The Hall–Kier alpha value is -0.910. The highest BCUT2D eigenvalue weighted by molar-refractivity contribution is 9.09. The van der Waals surface area contributed by atoms with Gasteiger partial charge in [-0.05, 0) is 25.7 Å². The summed E-state index contributed by atoms with van der Waals surface area (Å²) in [6.45, 7) is 4.74. The zero-order chi connectivity index (χ0) is 15.3. The average molecular weight is 347 g/mol. The fourth-order valence-electron chi connectivity index (χ4n) is 2.63. The first kappa shape index (κ1) is 17.1. The minimum atomic E-state index is -0.283. The Morgan fingerprint density at radius 2 is 2.15 bits per heavy atom. The van der Waals surface area contributed by atoms with Crippen molar-refractivity contribution < 1.29 is 14.4 Å². The summed E-state index contributed by atoms with van der Waals surface area (Å²) >= 11 is 3.14. The van der Waals surface area contributed by atoms with Crippen molar-refractivity contribution in [1.82, 2.24) is 9.80 Å². The summed E-state index contributed by atoms with van der Waals surface area (Å²) < 4.78 is 0. The fourth-order valence-corrected chi connectivity index (χ4v) is 3.06. The van der Waals surface area contributed by atoms with Crippen LogP contribution >= 0.6 is 15.9 Å². The van der Waals surface area contributed by atoms with Crippen LogP contribution in [0.1, 0.15) is 33.1 Å². The van der Waals surface area contributed by atoms with Gasteiger partial charge in [-0.1, -0.05) is 22.9 Å². The monoisotopic (exact) mass is 346 g/mol. The number of likely N-dealkylation sites (tertiary alicyclic amines) is 1. The number of amides is 2. The van der Waals surface area contributed by atoms with Gasteiger partial charge in [-0.25, -0.2) is 0 Å². The van der Waals surface area contributed by atoms with E-state index in [0.29, 0.717) is 31.3 Å². The summed E-state index contributed by atoms with van der Waals surface area (Å²) in [5.74, 6) is 0.391. The maximum Gasteiger partial charge on any atom is 0.232 e. The quantitative estimate of drug-likeness (QED) is 0.655. The molecule has 6 heteroatoms. The number of carbonyl (C=O) groups is 3. The fraction of sp³-hybridized carbons (Fsp3) is 0.786. The minimum absolute atomic E-state index is 0.0429. The van der Waals surface area contributed by atoms with Crippen molar-refractivity contribution in [3.05, 3.63) is 0 Å². The lowest BCUT2D eigenvalue weighted by Gasteiger charge is -2.25. The van der Waals surface area contributed by atoms with Crippen LogP contribution in [-0.4, -0.2) is 58.9 Å². The molecule has 1 aliphatic heterocycles. The van der Waals surface area contributed by atoms with Crippen molar-refractivity contribution in [3.63, 3.8) is 0 Å². The van der Waals surface area contributed by atoms with Gasteiger partial charge in [-0.2, -0.15) is 0 Å². The summed E-state index contributed by atoms with van der Waals surface area (Å²) in [4.78, 5) is 38.4. The number of hydrogen-bond acceptors (Lipinski definition) is 3. The van der Waals surface area contributed by atoms with Gasteiger partial charge in [0, 0.05) is 26.6 Å². The highest BCUT2D eigenvalue weighted by atomic mass is 79.9. The zero-order valence-corrected chi connectivity index (χ0v) is 14.0. The number of nitrogens with zero attached hydrogens (tertiary/aromatic N) is 2. The van der Waals surface area contributed by atoms with Crippen molar-refractivity contribution in [1.29, 1.82) is 0 Å². The SMILES string of the molecule is CC[C@@H](C(C)=O)N1CC(CCN(C)C(=O)CBr)CC1=O. The first-order valence-electron chi connectivity index (χ1n) is 7.00. The van der Waals surface area contributed by atoms with Crippen molar-refractivity contribution in [2.75, 3.05) is 25.5 Å². The molecule has 2 amide bonds. The van der Waals surface area contributed by atoms with Gasteiger partial charge in [0.15, 0.2) is 5.78 Å². The number of ketones is 1. The van der Waals surface area contributed by atoms with Crippen LogP contribution in [0.15, 0.2) is 0 Å². The second-order valence-electron chi connectivity index (χ2n) is 5.39. The third kappa shape index (κ3) is 4.30. The van der Waals surface area contributed by atoms with E-state index in [1.807, 2.05) is 6.92 Å². The van der Waals surface area contributed by atoms with Gasteiger partial charge in [-0.15, -0.1) is 0 Å². The third-order valence-corrected chi connectivity index (χ3v) is 4.36. The number of halogens is 1. The van der Waals surface area contributed by atoms with Gasteiger partial charge in [0.25, 0.3) is 0 Å². The molecule has 20 heavy (non-hydrogen) atoms. The van der Waals surface area contributed by atoms with Crippen LogP contribution in [0.5, 0.6) is 0 Å². The lowest BCUT2D eigenvalue weighted by atomic mass is 10.0. The largest absolute Gasteiger partial charge is 0.345 e. The lowest BCUT2D eigenvalue weighted by molar-refractivity contribution is -0.135. The summed E-state index contributed by atoms with van der Waals surface area (Å²) in [6, 6.07) is -0.283. The van der Waals surface area contributed by atoms with Crippen LogP contribution in [0.25, 0.3) is 0 Å². The standard InChI is InChI=1S/C14H23BrN2O3/c1-4-12(10(2)18)17-9-11(7-13(17)19)5-6-16(3)14(20)8-15/h11-12H,4-9H2,1-3H3/t11?,12-/m0/s1. The molecule has 114 valence electrons. The topological polar surface area (TPSA) is 57.7 Å². The normalized spacial score (nSPS) is 20.1. The average Bonchev–Trinajstić information content (AvgIpc) is 2.77. The molecule has 0 N–H and O–H groups in total. The van der Waals surface area contributed by atoms with E-state index in [2.05, 4.69) is 15.9 Å². The Kier molecular flexibility index (Phi) is 6.65. The van der Waals surface area contributed by atoms with Gasteiger partial charge in [0.05, 0.1) is 11.4 Å². The van der Waals surface area contributed by atoms with Gasteiger partial charge in [-0.3, -0.25) is 14.4 Å². The Bertz CT molecular complexity index is 387. The third-order valence-electron chi connectivity index (χ3n) is 3.88. The zero-order valence-electron chi connectivity index (χ0n) is 12.4. The number of Topliss-reactive ketones (excluding diaryl/α,β-unsaturated/α-hetero) is 1. The molecule has 0 aromatic heterocycles. The number of carbonyl (C=O) groups excluding carboxylic acids is 3. The van der Waals surface area contributed by atoms with Crippen LogP contribution in [0.2, 0.25) is 0 Å². The van der Waals surface area contributed by atoms with Gasteiger partial charge < -0.3 is 9.80 Å². The molecule has 2 atom stereocenters. The number of rotatable bonds is 7. The molecule has 1 saturated heterocycles. The van der Waals surface area contributed by atoms with Crippen molar-refractivity contribution >= 4 is 33.5 Å². The first-order chi connectivity index (χ1) is 9.40.